The molecule has 1 unspecified atom stereocenters. The van der Waals surface area contributed by atoms with Gasteiger partial charge in [-0.15, -0.1) is 0 Å². The smallest absolute Gasteiger partial charge is 0.150 e. The van der Waals surface area contributed by atoms with Crippen molar-refractivity contribution in [2.24, 2.45) is 5.73 Å². The molecule has 6 heteroatoms. The Kier molecular flexibility index (Phi) is 5.92. The Labute approximate surface area is 118 Å². The molecule has 0 saturated carbocycles. The van der Waals surface area contributed by atoms with E-state index in [4.69, 9.17) is 28.9 Å². The van der Waals surface area contributed by atoms with Crippen molar-refractivity contribution in [2.75, 3.05) is 11.5 Å². The molecule has 2 N–H and O–H groups in total. The minimum atomic E-state index is -2.93. The second-order valence-electron chi connectivity index (χ2n) is 4.15. The third-order valence-electron chi connectivity index (χ3n) is 2.77. The van der Waals surface area contributed by atoms with Crippen molar-refractivity contribution in [1.82, 2.24) is 0 Å². The molecular weight excluding hydrogens is 293 g/mol. The molecule has 0 aliphatic heterocycles. The van der Waals surface area contributed by atoms with E-state index in [-0.39, 0.29) is 17.5 Å². The van der Waals surface area contributed by atoms with Gasteiger partial charge in [-0.3, -0.25) is 0 Å². The summed E-state index contributed by atoms with van der Waals surface area (Å²) < 4.78 is 22.7. The third kappa shape index (κ3) is 4.76. The standard InChI is InChI=1S/C12H17Cl2NO2S/c1-2-18(16,17)7-3-4-12(15)10-8-9(13)5-6-11(10)14/h5-6,8,12H,2-4,7,15H2,1H3. The van der Waals surface area contributed by atoms with Gasteiger partial charge in [0.2, 0.25) is 0 Å². The summed E-state index contributed by atoms with van der Waals surface area (Å²) >= 11 is 11.9. The van der Waals surface area contributed by atoms with Gasteiger partial charge in [-0.2, -0.15) is 0 Å². The molecule has 102 valence electrons. The van der Waals surface area contributed by atoms with Crippen molar-refractivity contribution in [1.29, 1.82) is 0 Å². The fourth-order valence-electron chi connectivity index (χ4n) is 1.62. The molecule has 0 radical (unpaired) electrons. The summed E-state index contributed by atoms with van der Waals surface area (Å²) in [5.41, 5.74) is 6.76. The maximum Gasteiger partial charge on any atom is 0.150 e. The highest BCUT2D eigenvalue weighted by molar-refractivity contribution is 7.91. The van der Waals surface area contributed by atoms with Gasteiger partial charge in [0, 0.05) is 21.8 Å². The van der Waals surface area contributed by atoms with Crippen LogP contribution in [0.4, 0.5) is 0 Å². The summed E-state index contributed by atoms with van der Waals surface area (Å²) in [4.78, 5) is 0. The van der Waals surface area contributed by atoms with Gasteiger partial charge in [-0.05, 0) is 36.6 Å². The first-order chi connectivity index (χ1) is 8.35. The van der Waals surface area contributed by atoms with Crippen LogP contribution in [0.5, 0.6) is 0 Å². The first-order valence-corrected chi connectivity index (χ1v) is 8.34. The average Bonchev–Trinajstić information content (AvgIpc) is 2.32. The number of halogens is 2. The molecule has 0 bridgehead atoms. The van der Waals surface area contributed by atoms with Crippen LogP contribution in [0.15, 0.2) is 18.2 Å². The number of hydrogen-bond acceptors (Lipinski definition) is 3. The van der Waals surface area contributed by atoms with E-state index in [1.807, 2.05) is 0 Å². The van der Waals surface area contributed by atoms with Gasteiger partial charge < -0.3 is 5.73 Å². The molecular formula is C12H17Cl2NO2S. The molecule has 0 amide bonds. The number of nitrogens with two attached hydrogens (primary N) is 1. The number of hydrogen-bond donors (Lipinski definition) is 1. The molecule has 0 aliphatic carbocycles. The monoisotopic (exact) mass is 309 g/mol. The first kappa shape index (κ1) is 15.8. The van der Waals surface area contributed by atoms with Crippen LogP contribution in [0.25, 0.3) is 0 Å². The molecule has 0 spiro atoms. The molecule has 0 saturated heterocycles. The van der Waals surface area contributed by atoms with E-state index < -0.39 is 9.84 Å². The Morgan fingerprint density at radius 3 is 2.61 bits per heavy atom. The van der Waals surface area contributed by atoms with E-state index in [1.165, 1.54) is 0 Å². The van der Waals surface area contributed by atoms with Crippen molar-refractivity contribution >= 4 is 33.0 Å². The van der Waals surface area contributed by atoms with Crippen molar-refractivity contribution in [3.63, 3.8) is 0 Å². The lowest BCUT2D eigenvalue weighted by Gasteiger charge is -2.14. The molecule has 1 aromatic carbocycles. The summed E-state index contributed by atoms with van der Waals surface area (Å²) in [5.74, 6) is 0.329. The van der Waals surface area contributed by atoms with E-state index in [1.54, 1.807) is 25.1 Å². The van der Waals surface area contributed by atoms with Crippen LogP contribution < -0.4 is 5.73 Å². The highest BCUT2D eigenvalue weighted by Gasteiger charge is 2.13. The van der Waals surface area contributed by atoms with Gasteiger partial charge in [-0.1, -0.05) is 30.1 Å². The van der Waals surface area contributed by atoms with Crippen LogP contribution in [0.3, 0.4) is 0 Å². The summed E-state index contributed by atoms with van der Waals surface area (Å²) in [7, 11) is -2.93. The quantitative estimate of drug-likeness (QED) is 0.877. The molecule has 3 nitrogen and oxygen atoms in total. The Morgan fingerprint density at radius 2 is 2.00 bits per heavy atom. The van der Waals surface area contributed by atoms with E-state index in [2.05, 4.69) is 0 Å². The Balaban J connectivity index is 2.61. The predicted octanol–water partition coefficient (Wildman–Crippen LogP) is 3.21. The summed E-state index contributed by atoms with van der Waals surface area (Å²) in [6, 6.07) is 4.83. The van der Waals surface area contributed by atoms with Crippen LogP contribution in [0, 0.1) is 0 Å². The van der Waals surface area contributed by atoms with Gasteiger partial charge in [0.25, 0.3) is 0 Å². The molecule has 1 atom stereocenters. The molecule has 0 fully saturated rings. The topological polar surface area (TPSA) is 60.2 Å². The second kappa shape index (κ2) is 6.75. The zero-order valence-electron chi connectivity index (χ0n) is 10.2. The predicted molar refractivity (Wildman–Crippen MR) is 77.0 cm³/mol. The zero-order valence-corrected chi connectivity index (χ0v) is 12.5. The highest BCUT2D eigenvalue weighted by atomic mass is 35.5. The van der Waals surface area contributed by atoms with Crippen molar-refractivity contribution in [3.8, 4) is 0 Å². The zero-order chi connectivity index (χ0) is 13.8. The van der Waals surface area contributed by atoms with Crippen LogP contribution >= 0.6 is 23.2 Å². The molecule has 0 heterocycles. The maximum absolute atomic E-state index is 11.4. The number of rotatable bonds is 6. The first-order valence-electron chi connectivity index (χ1n) is 5.76. The summed E-state index contributed by atoms with van der Waals surface area (Å²) in [5, 5.41) is 1.14. The maximum atomic E-state index is 11.4. The lowest BCUT2D eigenvalue weighted by atomic mass is 10.0. The molecule has 0 aliphatic rings. The normalized spacial score (nSPS) is 13.6. The minimum Gasteiger partial charge on any atom is -0.324 e. The Morgan fingerprint density at radius 1 is 1.33 bits per heavy atom. The second-order valence-corrected chi connectivity index (χ2v) is 7.47. The molecule has 1 aromatic rings. The Bertz CT molecular complexity index is 503. The lowest BCUT2D eigenvalue weighted by Crippen LogP contribution is -2.14. The average molecular weight is 310 g/mol. The summed E-state index contributed by atoms with van der Waals surface area (Å²) in [6.45, 7) is 1.64. The van der Waals surface area contributed by atoms with E-state index >= 15 is 0 Å². The third-order valence-corrected chi connectivity index (χ3v) is 5.14. The van der Waals surface area contributed by atoms with Crippen LogP contribution in [0.2, 0.25) is 10.0 Å². The fourth-order valence-corrected chi connectivity index (χ4v) is 2.96. The molecule has 1 rings (SSSR count). The van der Waals surface area contributed by atoms with E-state index in [0.717, 1.165) is 5.56 Å². The van der Waals surface area contributed by atoms with E-state index in [9.17, 15) is 8.42 Å². The van der Waals surface area contributed by atoms with Gasteiger partial charge >= 0.3 is 0 Å². The van der Waals surface area contributed by atoms with E-state index in [0.29, 0.717) is 22.9 Å². The van der Waals surface area contributed by atoms with Crippen molar-refractivity contribution < 1.29 is 8.42 Å². The molecule has 0 aromatic heterocycles. The van der Waals surface area contributed by atoms with Crippen LogP contribution in [-0.2, 0) is 9.84 Å². The molecule has 18 heavy (non-hydrogen) atoms. The lowest BCUT2D eigenvalue weighted by molar-refractivity contribution is 0.584. The van der Waals surface area contributed by atoms with Gasteiger partial charge in [0.1, 0.15) is 9.84 Å². The largest absolute Gasteiger partial charge is 0.324 e. The number of sulfone groups is 1. The van der Waals surface area contributed by atoms with Gasteiger partial charge in [0.15, 0.2) is 0 Å². The summed E-state index contributed by atoms with van der Waals surface area (Å²) in [6.07, 6.45) is 1.10. The van der Waals surface area contributed by atoms with Crippen LogP contribution in [-0.4, -0.2) is 19.9 Å². The SMILES string of the molecule is CCS(=O)(=O)CCCC(N)c1cc(Cl)ccc1Cl. The number of benzene rings is 1. The minimum absolute atomic E-state index is 0.162. The van der Waals surface area contributed by atoms with Crippen molar-refractivity contribution in [2.45, 2.75) is 25.8 Å². The van der Waals surface area contributed by atoms with Gasteiger partial charge in [-0.25, -0.2) is 8.42 Å². The van der Waals surface area contributed by atoms with Crippen molar-refractivity contribution in [3.05, 3.63) is 33.8 Å². The van der Waals surface area contributed by atoms with Gasteiger partial charge in [0.05, 0.1) is 5.75 Å². The fraction of sp³-hybridized carbons (Fsp3) is 0.500. The Hall–Kier alpha value is -0.290. The van der Waals surface area contributed by atoms with Crippen LogP contribution in [0.1, 0.15) is 31.4 Å². The highest BCUT2D eigenvalue weighted by Crippen LogP contribution is 2.27.